The van der Waals surface area contributed by atoms with E-state index in [0.717, 1.165) is 6.42 Å². The number of aliphatic carboxylic acids is 2. The Morgan fingerprint density at radius 1 is 1.28 bits per heavy atom. The first kappa shape index (κ1) is 19.8. The van der Waals surface area contributed by atoms with Gasteiger partial charge < -0.3 is 14.9 Å². The lowest BCUT2D eigenvalue weighted by molar-refractivity contribution is -0.154. The molecule has 3 N–H and O–H groups in total. The molecule has 0 aromatic carbocycles. The Kier molecular flexibility index (Phi) is 5.88. The number of nitrogens with zero attached hydrogens (tertiary/aromatic N) is 1. The highest BCUT2D eigenvalue weighted by atomic mass is 32.2. The molecular weight excluding hydrogens is 348 g/mol. The number of ether oxygens (including phenoxy) is 1. The Morgan fingerprint density at radius 3 is 2.48 bits per heavy atom. The van der Waals surface area contributed by atoms with Gasteiger partial charge in [-0.1, -0.05) is 0 Å². The number of nitrogens with one attached hydrogen (secondary N) is 1. The lowest BCUT2D eigenvalue weighted by atomic mass is 9.83. The lowest BCUT2D eigenvalue weighted by Gasteiger charge is -2.45. The van der Waals surface area contributed by atoms with Crippen molar-refractivity contribution < 1.29 is 29.3 Å². The second-order valence-corrected chi connectivity index (χ2v) is 8.75. The maximum atomic E-state index is 12.6. The third-order valence-corrected chi connectivity index (χ3v) is 5.65. The van der Waals surface area contributed by atoms with Gasteiger partial charge in [0.05, 0.1) is 5.37 Å². The van der Waals surface area contributed by atoms with E-state index in [2.05, 4.69) is 5.32 Å². The van der Waals surface area contributed by atoms with Gasteiger partial charge in [-0.15, -0.1) is 11.8 Å². The largest absolute Gasteiger partial charge is 0.480 e. The number of carbonyl (C=O) groups is 3. The monoisotopic (exact) mass is 374 g/mol. The maximum absolute atomic E-state index is 12.6. The Balaban J connectivity index is 2.21. The molecule has 2 rings (SSSR count). The number of thioether (sulfide) groups is 1. The zero-order valence-electron chi connectivity index (χ0n) is 14.8. The van der Waals surface area contributed by atoms with Crippen molar-refractivity contribution in [1.29, 1.82) is 0 Å². The normalized spacial score (nSPS) is 30.1. The highest BCUT2D eigenvalue weighted by Crippen LogP contribution is 2.37. The van der Waals surface area contributed by atoms with Crippen molar-refractivity contribution in [3.05, 3.63) is 0 Å². The molecule has 0 aromatic rings. The number of amides is 1. The fourth-order valence-electron chi connectivity index (χ4n) is 3.24. The van der Waals surface area contributed by atoms with Gasteiger partial charge in [0.15, 0.2) is 0 Å². The molecule has 0 spiro atoms. The van der Waals surface area contributed by atoms with Crippen LogP contribution in [0.25, 0.3) is 0 Å². The fraction of sp³-hybridized carbons (Fsp3) is 0.812. The summed E-state index contributed by atoms with van der Waals surface area (Å²) in [5.41, 5.74) is -2.09. The number of carboxylic acid groups (broad SMARTS) is 2. The number of hydrogen-bond acceptors (Lipinski definition) is 6. The summed E-state index contributed by atoms with van der Waals surface area (Å²) in [6.45, 7) is 5.54. The van der Waals surface area contributed by atoms with Crippen molar-refractivity contribution in [1.82, 2.24) is 10.2 Å². The lowest BCUT2D eigenvalue weighted by Crippen LogP contribution is -2.62. The molecule has 1 amide bonds. The number of piperidine rings is 1. The van der Waals surface area contributed by atoms with Crippen molar-refractivity contribution in [2.75, 3.05) is 12.3 Å². The van der Waals surface area contributed by atoms with E-state index in [-0.39, 0.29) is 11.8 Å². The highest BCUT2D eigenvalue weighted by molar-refractivity contribution is 8.00. The van der Waals surface area contributed by atoms with Crippen LogP contribution in [0, 0.1) is 0 Å². The molecule has 0 aliphatic carbocycles. The molecule has 3 atom stereocenters. The van der Waals surface area contributed by atoms with Gasteiger partial charge in [0.2, 0.25) is 0 Å². The van der Waals surface area contributed by atoms with Gasteiger partial charge in [0.1, 0.15) is 17.2 Å². The van der Waals surface area contributed by atoms with E-state index in [1.54, 1.807) is 20.8 Å². The smallest absolute Gasteiger partial charge is 0.411 e. The molecule has 8 nitrogen and oxygen atoms in total. The minimum Gasteiger partial charge on any atom is -0.480 e. The summed E-state index contributed by atoms with van der Waals surface area (Å²) in [5, 5.41) is 21.7. The van der Waals surface area contributed by atoms with Gasteiger partial charge in [-0.05, 0) is 40.0 Å². The number of carbonyl (C=O) groups excluding carboxylic acids is 1. The van der Waals surface area contributed by atoms with Gasteiger partial charge in [-0.25, -0.2) is 9.59 Å². The van der Waals surface area contributed by atoms with Crippen molar-refractivity contribution in [3.8, 4) is 0 Å². The molecule has 2 aliphatic heterocycles. The van der Waals surface area contributed by atoms with Gasteiger partial charge in [-0.2, -0.15) is 0 Å². The average molecular weight is 374 g/mol. The maximum Gasteiger partial charge on any atom is 0.411 e. The number of hydrogen-bond donors (Lipinski definition) is 3. The van der Waals surface area contributed by atoms with Crippen LogP contribution in [0.4, 0.5) is 4.79 Å². The molecule has 2 unspecified atom stereocenters. The Bertz CT molecular complexity index is 549. The Hall–Kier alpha value is -1.48. The standard InChI is InChI=1S/C16H26N2O6S/c1-15(2,3)24-14(23)18-7-5-4-6-16(18,13(21)22)8-11-17-10(9-25-11)12(19)20/h10-11,17H,4-9H2,1-3H3,(H,19,20)(H,21,22)/t10-,11?,16?/m1/s1. The minimum absolute atomic E-state index is 0.149. The molecule has 2 saturated heterocycles. The van der Waals surface area contributed by atoms with E-state index in [4.69, 9.17) is 9.84 Å². The van der Waals surface area contributed by atoms with Crippen LogP contribution in [-0.2, 0) is 14.3 Å². The van der Waals surface area contributed by atoms with Gasteiger partial charge in [0, 0.05) is 18.7 Å². The Morgan fingerprint density at radius 2 is 1.96 bits per heavy atom. The van der Waals surface area contributed by atoms with E-state index in [1.165, 1.54) is 16.7 Å². The molecule has 2 fully saturated rings. The van der Waals surface area contributed by atoms with Crippen LogP contribution >= 0.6 is 11.8 Å². The molecule has 0 saturated carbocycles. The summed E-state index contributed by atoms with van der Waals surface area (Å²) >= 11 is 1.38. The molecule has 0 bridgehead atoms. The van der Waals surface area contributed by atoms with Crippen LogP contribution in [0.5, 0.6) is 0 Å². The quantitative estimate of drug-likeness (QED) is 0.681. The summed E-state index contributed by atoms with van der Waals surface area (Å²) in [6, 6.07) is -0.695. The number of likely N-dealkylation sites (tertiary alicyclic amines) is 1. The van der Waals surface area contributed by atoms with Crippen LogP contribution in [0.15, 0.2) is 0 Å². The molecule has 9 heteroatoms. The first-order chi connectivity index (χ1) is 11.5. The highest BCUT2D eigenvalue weighted by Gasteiger charge is 2.51. The van der Waals surface area contributed by atoms with E-state index in [1.807, 2.05) is 0 Å². The van der Waals surface area contributed by atoms with Crippen molar-refractivity contribution in [2.24, 2.45) is 0 Å². The first-order valence-corrected chi connectivity index (χ1v) is 9.44. The van der Waals surface area contributed by atoms with Crippen molar-refractivity contribution in [3.63, 3.8) is 0 Å². The number of carboxylic acids is 2. The number of rotatable bonds is 4. The third kappa shape index (κ3) is 4.58. The van der Waals surface area contributed by atoms with Gasteiger partial charge in [0.25, 0.3) is 0 Å². The second-order valence-electron chi connectivity index (χ2n) is 7.51. The summed E-state index contributed by atoms with van der Waals surface area (Å²) in [4.78, 5) is 37.2. The molecule has 142 valence electrons. The van der Waals surface area contributed by atoms with Crippen LogP contribution < -0.4 is 5.32 Å². The van der Waals surface area contributed by atoms with Crippen LogP contribution in [0.1, 0.15) is 46.5 Å². The van der Waals surface area contributed by atoms with Gasteiger partial charge >= 0.3 is 18.0 Å². The molecule has 25 heavy (non-hydrogen) atoms. The zero-order chi connectivity index (χ0) is 18.8. The van der Waals surface area contributed by atoms with E-state index in [9.17, 15) is 19.5 Å². The third-order valence-electron chi connectivity index (χ3n) is 4.42. The average Bonchev–Trinajstić information content (AvgIpc) is 2.94. The van der Waals surface area contributed by atoms with Crippen molar-refractivity contribution >= 4 is 29.8 Å². The predicted molar refractivity (Wildman–Crippen MR) is 92.6 cm³/mol. The van der Waals surface area contributed by atoms with Crippen LogP contribution in [0.2, 0.25) is 0 Å². The molecular formula is C16H26N2O6S. The Labute approximate surface area is 151 Å². The van der Waals surface area contributed by atoms with E-state index in [0.29, 0.717) is 25.1 Å². The summed E-state index contributed by atoms with van der Waals surface area (Å²) in [6.07, 6.45) is 1.27. The van der Waals surface area contributed by atoms with Crippen molar-refractivity contribution in [2.45, 2.75) is 69.0 Å². The summed E-state index contributed by atoms with van der Waals surface area (Å²) in [7, 11) is 0. The van der Waals surface area contributed by atoms with Gasteiger partial charge in [-0.3, -0.25) is 15.0 Å². The molecule has 2 aliphatic rings. The molecule has 0 radical (unpaired) electrons. The second kappa shape index (κ2) is 7.41. The fourth-order valence-corrected chi connectivity index (χ4v) is 4.56. The predicted octanol–water partition coefficient (Wildman–Crippen LogP) is 1.74. The van der Waals surface area contributed by atoms with Crippen LogP contribution in [0.3, 0.4) is 0 Å². The SMILES string of the molecule is CC(C)(C)OC(=O)N1CCCCC1(CC1N[C@@H](C(=O)O)CS1)C(=O)O. The zero-order valence-corrected chi connectivity index (χ0v) is 15.6. The summed E-state index contributed by atoms with van der Waals surface area (Å²) in [5.74, 6) is -1.64. The summed E-state index contributed by atoms with van der Waals surface area (Å²) < 4.78 is 5.41. The topological polar surface area (TPSA) is 116 Å². The minimum atomic E-state index is -1.38. The molecule has 2 heterocycles. The van der Waals surface area contributed by atoms with E-state index >= 15 is 0 Å². The van der Waals surface area contributed by atoms with Crippen LogP contribution in [-0.4, -0.2) is 68.0 Å². The first-order valence-electron chi connectivity index (χ1n) is 8.40. The van der Waals surface area contributed by atoms with E-state index < -0.39 is 35.2 Å². The molecule has 0 aromatic heterocycles.